The first-order chi connectivity index (χ1) is 13.4. The van der Waals surface area contributed by atoms with Gasteiger partial charge in [0.25, 0.3) is 0 Å². The smallest absolute Gasteiger partial charge is 0.411 e. The third-order valence-corrected chi connectivity index (χ3v) is 3.71. The van der Waals surface area contributed by atoms with Crippen LogP contribution >= 0.6 is 0 Å². The molecule has 0 radical (unpaired) electrons. The van der Waals surface area contributed by atoms with Crippen molar-refractivity contribution in [2.45, 2.75) is 46.5 Å². The summed E-state index contributed by atoms with van der Waals surface area (Å²) in [5.74, 6) is -1.09. The van der Waals surface area contributed by atoms with E-state index in [1.807, 2.05) is 13.8 Å². The Labute approximate surface area is 164 Å². The Balaban J connectivity index is 2.96. The quantitative estimate of drug-likeness (QED) is 0.386. The Kier molecular flexibility index (Phi) is 10.2. The van der Waals surface area contributed by atoms with Gasteiger partial charge in [0.05, 0.1) is 18.9 Å². The molecule has 154 valence electrons. The average Bonchev–Trinajstić information content (AvgIpc) is 2.64. The van der Waals surface area contributed by atoms with Gasteiger partial charge >= 0.3 is 18.2 Å². The zero-order chi connectivity index (χ0) is 20.9. The minimum Gasteiger partial charge on any atom is -0.478 e. The van der Waals surface area contributed by atoms with Gasteiger partial charge in [-0.15, -0.1) is 0 Å². The number of amides is 2. The van der Waals surface area contributed by atoms with E-state index in [-0.39, 0.29) is 5.57 Å². The summed E-state index contributed by atoms with van der Waals surface area (Å²) in [6.45, 7) is 6.02. The van der Waals surface area contributed by atoms with Gasteiger partial charge in [-0.3, -0.25) is 10.6 Å². The molecular formula is C20H28N2O6. The lowest BCUT2D eigenvalue weighted by Crippen LogP contribution is -2.16. The van der Waals surface area contributed by atoms with Crippen LogP contribution in [0, 0.1) is 0 Å². The van der Waals surface area contributed by atoms with E-state index >= 15 is 0 Å². The van der Waals surface area contributed by atoms with E-state index in [4.69, 9.17) is 14.6 Å². The van der Waals surface area contributed by atoms with E-state index in [1.165, 1.54) is 13.0 Å². The van der Waals surface area contributed by atoms with E-state index in [1.54, 1.807) is 18.2 Å². The summed E-state index contributed by atoms with van der Waals surface area (Å²) >= 11 is 0. The molecule has 3 N–H and O–H groups in total. The molecule has 0 heterocycles. The number of carbonyl (C=O) groups excluding carboxylic acids is 2. The van der Waals surface area contributed by atoms with Gasteiger partial charge in [-0.2, -0.15) is 0 Å². The Bertz CT molecular complexity index is 715. The van der Waals surface area contributed by atoms with Crippen molar-refractivity contribution < 1.29 is 29.0 Å². The summed E-state index contributed by atoms with van der Waals surface area (Å²) < 4.78 is 10.1. The molecule has 1 aromatic rings. The van der Waals surface area contributed by atoms with Crippen molar-refractivity contribution in [1.29, 1.82) is 0 Å². The van der Waals surface area contributed by atoms with Crippen molar-refractivity contribution >= 4 is 35.6 Å². The van der Waals surface area contributed by atoms with Crippen LogP contribution in [0.5, 0.6) is 0 Å². The highest BCUT2D eigenvalue weighted by atomic mass is 16.6. The second-order valence-corrected chi connectivity index (χ2v) is 6.16. The highest BCUT2D eigenvalue weighted by Gasteiger charge is 2.11. The second-order valence-electron chi connectivity index (χ2n) is 6.16. The van der Waals surface area contributed by atoms with Gasteiger partial charge in [0.2, 0.25) is 0 Å². The minimum atomic E-state index is -1.09. The lowest BCUT2D eigenvalue weighted by atomic mass is 10.1. The Hall–Kier alpha value is -3.03. The van der Waals surface area contributed by atoms with Crippen molar-refractivity contribution in [3.63, 3.8) is 0 Å². The Morgan fingerprint density at radius 1 is 1.00 bits per heavy atom. The van der Waals surface area contributed by atoms with E-state index in [2.05, 4.69) is 10.6 Å². The third kappa shape index (κ3) is 8.57. The van der Waals surface area contributed by atoms with Gasteiger partial charge in [-0.05, 0) is 44.0 Å². The van der Waals surface area contributed by atoms with Crippen LogP contribution in [0.1, 0.15) is 52.0 Å². The van der Waals surface area contributed by atoms with E-state index in [9.17, 15) is 14.4 Å². The van der Waals surface area contributed by atoms with Crippen molar-refractivity contribution in [1.82, 2.24) is 0 Å². The fourth-order valence-corrected chi connectivity index (χ4v) is 2.09. The van der Waals surface area contributed by atoms with Crippen LogP contribution < -0.4 is 10.6 Å². The molecule has 1 aromatic carbocycles. The molecule has 0 aliphatic rings. The zero-order valence-electron chi connectivity index (χ0n) is 16.5. The molecule has 28 heavy (non-hydrogen) atoms. The molecule has 0 saturated heterocycles. The van der Waals surface area contributed by atoms with Crippen molar-refractivity contribution in [3.05, 3.63) is 29.3 Å². The molecule has 2 amide bonds. The van der Waals surface area contributed by atoms with Crippen LogP contribution in [0.25, 0.3) is 6.08 Å². The molecule has 0 bridgehead atoms. The lowest BCUT2D eigenvalue weighted by molar-refractivity contribution is -0.132. The summed E-state index contributed by atoms with van der Waals surface area (Å²) in [4.78, 5) is 34.9. The van der Waals surface area contributed by atoms with Crippen molar-refractivity contribution in [2.75, 3.05) is 23.8 Å². The first-order valence-electron chi connectivity index (χ1n) is 9.30. The number of ether oxygens (including phenoxy) is 2. The number of carboxylic acids is 1. The van der Waals surface area contributed by atoms with Gasteiger partial charge in [0, 0.05) is 16.8 Å². The number of hydrogen-bond acceptors (Lipinski definition) is 5. The molecule has 8 nitrogen and oxygen atoms in total. The molecular weight excluding hydrogens is 364 g/mol. The summed E-state index contributed by atoms with van der Waals surface area (Å²) in [6.07, 6.45) is 3.49. The number of anilines is 2. The van der Waals surface area contributed by atoms with E-state index in [0.717, 1.165) is 25.7 Å². The number of aliphatic carboxylic acids is 1. The number of carboxylic acid groups (broad SMARTS) is 1. The largest absolute Gasteiger partial charge is 0.478 e. The molecule has 0 atom stereocenters. The van der Waals surface area contributed by atoms with Gasteiger partial charge in [0.1, 0.15) is 0 Å². The minimum absolute atomic E-state index is 0.0741. The zero-order valence-corrected chi connectivity index (χ0v) is 16.5. The molecule has 0 saturated carbocycles. The topological polar surface area (TPSA) is 114 Å². The van der Waals surface area contributed by atoms with Crippen molar-refractivity contribution in [3.8, 4) is 0 Å². The molecule has 0 aliphatic carbocycles. The van der Waals surface area contributed by atoms with Crippen LogP contribution in [0.3, 0.4) is 0 Å². The predicted octanol–water partition coefficient (Wildman–Crippen LogP) is 4.87. The normalized spacial score (nSPS) is 10.9. The molecule has 0 aromatic heterocycles. The Morgan fingerprint density at radius 2 is 1.57 bits per heavy atom. The van der Waals surface area contributed by atoms with E-state index < -0.39 is 18.2 Å². The molecule has 0 aliphatic heterocycles. The first-order valence-corrected chi connectivity index (χ1v) is 9.30. The van der Waals surface area contributed by atoms with Crippen LogP contribution in [0.2, 0.25) is 0 Å². The molecule has 0 unspecified atom stereocenters. The number of nitrogens with one attached hydrogen (secondary N) is 2. The average molecular weight is 392 g/mol. The number of rotatable bonds is 10. The Morgan fingerprint density at radius 3 is 2.11 bits per heavy atom. The second kappa shape index (κ2) is 12.4. The fraction of sp³-hybridized carbons (Fsp3) is 0.450. The third-order valence-electron chi connectivity index (χ3n) is 3.71. The first kappa shape index (κ1) is 23.0. The molecule has 0 spiro atoms. The molecule has 8 heteroatoms. The maximum absolute atomic E-state index is 11.9. The number of carbonyl (C=O) groups is 3. The number of benzene rings is 1. The fourth-order valence-electron chi connectivity index (χ4n) is 2.09. The summed E-state index contributed by atoms with van der Waals surface area (Å²) in [5.41, 5.74) is 1.27. The highest BCUT2D eigenvalue weighted by molar-refractivity contribution is 5.96. The number of hydrogen-bond donors (Lipinski definition) is 3. The van der Waals surface area contributed by atoms with Crippen LogP contribution in [-0.2, 0) is 14.3 Å². The van der Waals surface area contributed by atoms with Gasteiger partial charge in [0.15, 0.2) is 0 Å². The maximum atomic E-state index is 11.9. The molecule has 1 rings (SSSR count). The van der Waals surface area contributed by atoms with Crippen LogP contribution in [0.4, 0.5) is 21.0 Å². The standard InChI is InChI=1S/C20H28N2O6/c1-4-6-10-27-19(25)21-16-8-9-17(22-20(26)28-11-7-5-2)15(13-16)12-14(3)18(23)24/h8-9,12-13H,4-7,10-11H2,1-3H3,(H,21,25)(H,22,26)(H,23,24). The monoisotopic (exact) mass is 392 g/mol. The number of unbranched alkanes of at least 4 members (excludes halogenated alkanes) is 2. The SMILES string of the molecule is CCCCOC(=O)Nc1ccc(NC(=O)OCCCC)c(C=C(C)C(=O)O)c1. The summed E-state index contributed by atoms with van der Waals surface area (Å²) in [6, 6.07) is 4.69. The summed E-state index contributed by atoms with van der Waals surface area (Å²) in [7, 11) is 0. The van der Waals surface area contributed by atoms with Crippen LogP contribution in [0.15, 0.2) is 23.8 Å². The van der Waals surface area contributed by atoms with Crippen LogP contribution in [-0.4, -0.2) is 36.5 Å². The highest BCUT2D eigenvalue weighted by Crippen LogP contribution is 2.24. The van der Waals surface area contributed by atoms with Crippen molar-refractivity contribution in [2.24, 2.45) is 0 Å². The van der Waals surface area contributed by atoms with Gasteiger partial charge in [-0.1, -0.05) is 26.7 Å². The van der Waals surface area contributed by atoms with Gasteiger partial charge in [-0.25, -0.2) is 14.4 Å². The molecule has 0 fully saturated rings. The van der Waals surface area contributed by atoms with Gasteiger partial charge < -0.3 is 14.6 Å². The summed E-state index contributed by atoms with van der Waals surface area (Å²) in [5, 5.41) is 14.3. The predicted molar refractivity (Wildman–Crippen MR) is 107 cm³/mol. The van der Waals surface area contributed by atoms with E-state index in [0.29, 0.717) is 30.2 Å². The maximum Gasteiger partial charge on any atom is 0.411 e. The lowest BCUT2D eigenvalue weighted by Gasteiger charge is -2.12.